The first-order valence-corrected chi connectivity index (χ1v) is 12.0. The number of methoxy groups -OCH3 is 1. The lowest BCUT2D eigenvalue weighted by Crippen LogP contribution is -2.23. The molecule has 0 saturated heterocycles. The van der Waals surface area contributed by atoms with Gasteiger partial charge < -0.3 is 9.47 Å². The third-order valence-electron chi connectivity index (χ3n) is 5.83. The molecule has 0 saturated carbocycles. The molecule has 4 rings (SSSR count). The van der Waals surface area contributed by atoms with Gasteiger partial charge in [-0.3, -0.25) is 9.36 Å². The van der Waals surface area contributed by atoms with Crippen molar-refractivity contribution in [3.63, 3.8) is 0 Å². The number of hydrogen-bond donors (Lipinski definition) is 0. The van der Waals surface area contributed by atoms with Gasteiger partial charge in [0.1, 0.15) is 17.3 Å². The van der Waals surface area contributed by atoms with E-state index in [1.165, 1.54) is 0 Å². The number of unbranched alkanes of at least 4 members (excludes halogenated alkanes) is 3. The van der Waals surface area contributed by atoms with Gasteiger partial charge in [0.15, 0.2) is 0 Å². The van der Waals surface area contributed by atoms with Crippen LogP contribution in [0.4, 0.5) is 0 Å². The fraction of sp³-hybridized carbons (Fsp3) is 0.286. The second kappa shape index (κ2) is 11.2. The van der Waals surface area contributed by atoms with Crippen molar-refractivity contribution >= 4 is 22.5 Å². The van der Waals surface area contributed by atoms with Crippen LogP contribution in [0, 0.1) is 6.92 Å². The number of hydrogen-bond acceptors (Lipinski definition) is 4. The first kappa shape index (κ1) is 23.8. The minimum Gasteiger partial charge on any atom is -0.497 e. The van der Waals surface area contributed by atoms with E-state index in [1.54, 1.807) is 11.7 Å². The maximum atomic E-state index is 13.3. The number of rotatable bonds is 10. The quantitative estimate of drug-likeness (QED) is 0.240. The number of benzene rings is 3. The van der Waals surface area contributed by atoms with Crippen LogP contribution in [-0.2, 0) is 6.54 Å². The van der Waals surface area contributed by atoms with Crippen molar-refractivity contribution in [1.29, 1.82) is 0 Å². The van der Waals surface area contributed by atoms with Crippen LogP contribution in [0.25, 0.3) is 22.3 Å². The molecule has 0 aliphatic heterocycles. The number of nitrogens with zero attached hydrogens (tertiary/aromatic N) is 2. The van der Waals surface area contributed by atoms with Gasteiger partial charge in [0.05, 0.1) is 29.6 Å². The van der Waals surface area contributed by atoms with E-state index in [0.717, 1.165) is 48.3 Å². The van der Waals surface area contributed by atoms with Gasteiger partial charge in [0.25, 0.3) is 5.56 Å². The first-order valence-electron chi connectivity index (χ1n) is 11.6. The number of fused-ring (bicyclic) bond motifs is 1. The Kier molecular flexibility index (Phi) is 7.86. The summed E-state index contributed by atoms with van der Waals surface area (Å²) in [5, 5.41) is 1.29. The largest absolute Gasteiger partial charge is 0.497 e. The fourth-order valence-electron chi connectivity index (χ4n) is 3.97. The Morgan fingerprint density at radius 1 is 0.941 bits per heavy atom. The molecular formula is C28H29ClN2O3. The molecule has 0 fully saturated rings. The summed E-state index contributed by atoms with van der Waals surface area (Å²) in [4.78, 5) is 18.1. The number of halogens is 1. The molecule has 0 radical (unpaired) electrons. The smallest absolute Gasteiger partial charge is 0.261 e. The van der Waals surface area contributed by atoms with Crippen LogP contribution in [0.1, 0.15) is 31.2 Å². The molecule has 0 atom stereocenters. The lowest BCUT2D eigenvalue weighted by Gasteiger charge is -2.14. The summed E-state index contributed by atoms with van der Waals surface area (Å²) in [5.41, 5.74) is 2.71. The molecular weight excluding hydrogens is 448 g/mol. The standard InChI is InChI=1S/C28H29ClN2O3/c1-20-11-16-26(24(29)19-20)34-18-8-4-3-7-17-31-27(21-12-14-22(33-2)15-13-21)30-25-10-6-5-9-23(25)28(31)32/h5-6,9-16,19H,3-4,7-8,17-18H2,1-2H3. The van der Waals surface area contributed by atoms with Gasteiger partial charge in [-0.25, -0.2) is 4.98 Å². The van der Waals surface area contributed by atoms with E-state index < -0.39 is 0 Å². The van der Waals surface area contributed by atoms with Crippen LogP contribution >= 0.6 is 11.6 Å². The highest BCUT2D eigenvalue weighted by atomic mass is 35.5. The lowest BCUT2D eigenvalue weighted by atomic mass is 10.1. The summed E-state index contributed by atoms with van der Waals surface area (Å²) in [6.45, 7) is 3.24. The Labute approximate surface area is 204 Å². The monoisotopic (exact) mass is 476 g/mol. The minimum absolute atomic E-state index is 0.00577. The predicted molar refractivity (Wildman–Crippen MR) is 138 cm³/mol. The molecule has 1 aromatic heterocycles. The lowest BCUT2D eigenvalue weighted by molar-refractivity contribution is 0.304. The van der Waals surface area contributed by atoms with Crippen LogP contribution in [0.2, 0.25) is 5.02 Å². The number of aryl methyl sites for hydroxylation is 1. The average Bonchev–Trinajstić information content (AvgIpc) is 2.85. The van der Waals surface area contributed by atoms with Crippen molar-refractivity contribution in [3.8, 4) is 22.9 Å². The van der Waals surface area contributed by atoms with Gasteiger partial charge >= 0.3 is 0 Å². The van der Waals surface area contributed by atoms with Crippen LogP contribution < -0.4 is 15.0 Å². The molecule has 1 heterocycles. The molecule has 176 valence electrons. The molecule has 3 aromatic carbocycles. The third kappa shape index (κ3) is 5.60. The second-order valence-corrected chi connectivity index (χ2v) is 8.74. The van der Waals surface area contributed by atoms with Crippen molar-refractivity contribution in [2.24, 2.45) is 0 Å². The van der Waals surface area contributed by atoms with Gasteiger partial charge in [-0.15, -0.1) is 0 Å². The maximum absolute atomic E-state index is 13.3. The zero-order chi connectivity index (χ0) is 23.9. The summed E-state index contributed by atoms with van der Waals surface area (Å²) in [7, 11) is 1.64. The van der Waals surface area contributed by atoms with Crippen molar-refractivity contribution in [2.45, 2.75) is 39.2 Å². The number of ether oxygens (including phenoxy) is 2. The molecule has 0 aliphatic rings. The zero-order valence-corrected chi connectivity index (χ0v) is 20.3. The summed E-state index contributed by atoms with van der Waals surface area (Å²) >= 11 is 6.23. The average molecular weight is 477 g/mol. The van der Waals surface area contributed by atoms with Crippen LogP contribution in [0.5, 0.6) is 11.5 Å². The summed E-state index contributed by atoms with van der Waals surface area (Å²) in [6.07, 6.45) is 3.82. The minimum atomic E-state index is -0.00577. The number of para-hydroxylation sites is 1. The Hall–Kier alpha value is -3.31. The predicted octanol–water partition coefficient (Wildman–Crippen LogP) is 6.67. The molecule has 0 amide bonds. The van der Waals surface area contributed by atoms with E-state index in [2.05, 4.69) is 0 Å². The Morgan fingerprint density at radius 2 is 1.71 bits per heavy atom. The van der Waals surface area contributed by atoms with Gasteiger partial charge in [0.2, 0.25) is 0 Å². The molecule has 0 aliphatic carbocycles. The Bertz CT molecular complexity index is 1320. The number of aromatic nitrogens is 2. The van der Waals surface area contributed by atoms with Gasteiger partial charge in [0, 0.05) is 12.1 Å². The highest BCUT2D eigenvalue weighted by Gasteiger charge is 2.13. The van der Waals surface area contributed by atoms with E-state index in [1.807, 2.05) is 73.7 Å². The van der Waals surface area contributed by atoms with Gasteiger partial charge in [-0.05, 0) is 73.9 Å². The molecule has 0 bridgehead atoms. The highest BCUT2D eigenvalue weighted by Crippen LogP contribution is 2.25. The normalized spacial score (nSPS) is 11.0. The van der Waals surface area contributed by atoms with E-state index in [4.69, 9.17) is 26.1 Å². The first-order chi connectivity index (χ1) is 16.6. The molecule has 0 spiro atoms. The molecule has 5 nitrogen and oxygen atoms in total. The van der Waals surface area contributed by atoms with E-state index >= 15 is 0 Å². The fourth-order valence-corrected chi connectivity index (χ4v) is 4.26. The van der Waals surface area contributed by atoms with E-state index in [9.17, 15) is 4.79 Å². The topological polar surface area (TPSA) is 53.3 Å². The Morgan fingerprint density at radius 3 is 2.47 bits per heavy atom. The molecule has 0 unspecified atom stereocenters. The summed E-state index contributed by atoms with van der Waals surface area (Å²) in [5.74, 6) is 2.18. The Balaban J connectivity index is 1.40. The van der Waals surface area contributed by atoms with E-state index in [0.29, 0.717) is 34.9 Å². The van der Waals surface area contributed by atoms with Gasteiger partial charge in [-0.2, -0.15) is 0 Å². The zero-order valence-electron chi connectivity index (χ0n) is 19.6. The van der Waals surface area contributed by atoms with Crippen LogP contribution in [0.3, 0.4) is 0 Å². The van der Waals surface area contributed by atoms with Crippen LogP contribution in [0.15, 0.2) is 71.5 Å². The maximum Gasteiger partial charge on any atom is 0.261 e. The second-order valence-electron chi connectivity index (χ2n) is 8.33. The molecule has 34 heavy (non-hydrogen) atoms. The SMILES string of the molecule is COc1ccc(-c2nc3ccccc3c(=O)n2CCCCCCOc2ccc(C)cc2Cl)cc1. The highest BCUT2D eigenvalue weighted by molar-refractivity contribution is 6.32. The summed E-state index contributed by atoms with van der Waals surface area (Å²) in [6, 6.07) is 21.0. The van der Waals surface area contributed by atoms with Gasteiger partial charge in [-0.1, -0.05) is 42.6 Å². The summed E-state index contributed by atoms with van der Waals surface area (Å²) < 4.78 is 12.9. The van der Waals surface area contributed by atoms with Crippen molar-refractivity contribution < 1.29 is 9.47 Å². The third-order valence-corrected chi connectivity index (χ3v) is 6.13. The molecule has 6 heteroatoms. The van der Waals surface area contributed by atoms with Crippen molar-refractivity contribution in [2.75, 3.05) is 13.7 Å². The van der Waals surface area contributed by atoms with E-state index in [-0.39, 0.29) is 5.56 Å². The van der Waals surface area contributed by atoms with Crippen molar-refractivity contribution in [3.05, 3.63) is 87.7 Å². The van der Waals surface area contributed by atoms with Crippen molar-refractivity contribution in [1.82, 2.24) is 9.55 Å². The molecule has 0 N–H and O–H groups in total. The van der Waals surface area contributed by atoms with Crippen LogP contribution in [-0.4, -0.2) is 23.3 Å². The molecule has 4 aromatic rings.